The SMILES string of the molecule is CC/C=C\C/C=C\C/C=C\C/C=C\C/C=C\CCCCCCCC(=O)OCC(COC(=O)CCCCCCC/C=C\C/C=C\CCCCC)OC(=O)CCCCCCCCCCC/C=C\C/C=C\CCCCC. The van der Waals surface area contributed by atoms with Crippen LogP contribution in [0.4, 0.5) is 0 Å². The lowest BCUT2D eigenvalue weighted by Gasteiger charge is -2.18. The van der Waals surface area contributed by atoms with E-state index in [9.17, 15) is 14.4 Å². The van der Waals surface area contributed by atoms with Gasteiger partial charge in [0.2, 0.25) is 0 Å². The summed E-state index contributed by atoms with van der Waals surface area (Å²) in [6, 6.07) is 0. The van der Waals surface area contributed by atoms with Gasteiger partial charge in [-0.3, -0.25) is 14.4 Å². The molecule has 416 valence electrons. The van der Waals surface area contributed by atoms with E-state index in [4.69, 9.17) is 14.2 Å². The highest BCUT2D eigenvalue weighted by Crippen LogP contribution is 2.15. The first-order chi connectivity index (χ1) is 36.0. The minimum Gasteiger partial charge on any atom is -0.462 e. The van der Waals surface area contributed by atoms with E-state index in [-0.39, 0.29) is 31.1 Å². The summed E-state index contributed by atoms with van der Waals surface area (Å²) >= 11 is 0. The summed E-state index contributed by atoms with van der Waals surface area (Å²) in [4.78, 5) is 38.3. The second kappa shape index (κ2) is 60.6. The van der Waals surface area contributed by atoms with E-state index in [0.29, 0.717) is 19.3 Å². The van der Waals surface area contributed by atoms with Crippen molar-refractivity contribution in [2.75, 3.05) is 13.2 Å². The Bertz CT molecular complexity index is 1490. The normalized spacial score (nSPS) is 12.9. The van der Waals surface area contributed by atoms with Crippen LogP contribution >= 0.6 is 0 Å². The molecule has 1 unspecified atom stereocenters. The molecule has 0 aromatic rings. The van der Waals surface area contributed by atoms with Crippen LogP contribution in [-0.2, 0) is 28.6 Å². The first kappa shape index (κ1) is 69.1. The lowest BCUT2D eigenvalue weighted by atomic mass is 10.1. The fourth-order valence-corrected chi connectivity index (χ4v) is 8.18. The van der Waals surface area contributed by atoms with Crippen molar-refractivity contribution in [3.8, 4) is 0 Å². The highest BCUT2D eigenvalue weighted by atomic mass is 16.6. The van der Waals surface area contributed by atoms with Crippen LogP contribution in [0.2, 0.25) is 0 Å². The molecule has 0 amide bonds. The molecule has 0 aromatic heterocycles. The van der Waals surface area contributed by atoms with Gasteiger partial charge in [-0.15, -0.1) is 0 Å². The molecule has 0 aromatic carbocycles. The molecule has 0 bridgehead atoms. The number of carbonyl (C=O) groups excluding carboxylic acids is 3. The monoisotopic (exact) mass is 1010 g/mol. The zero-order chi connectivity index (χ0) is 52.9. The third-order valence-corrected chi connectivity index (χ3v) is 12.7. The Morgan fingerprint density at radius 2 is 0.534 bits per heavy atom. The van der Waals surface area contributed by atoms with Crippen molar-refractivity contribution in [2.24, 2.45) is 0 Å². The van der Waals surface area contributed by atoms with Crippen LogP contribution < -0.4 is 0 Å². The summed E-state index contributed by atoms with van der Waals surface area (Å²) in [5.41, 5.74) is 0. The van der Waals surface area contributed by atoms with Crippen LogP contribution in [0.1, 0.15) is 278 Å². The van der Waals surface area contributed by atoms with Gasteiger partial charge in [-0.2, -0.15) is 0 Å². The molecule has 0 fully saturated rings. The summed E-state index contributed by atoms with van der Waals surface area (Å²) in [6.07, 6.45) is 82.2. The minimum absolute atomic E-state index is 0.0944. The van der Waals surface area contributed by atoms with Crippen molar-refractivity contribution >= 4 is 17.9 Å². The second-order valence-corrected chi connectivity index (χ2v) is 19.9. The zero-order valence-electron chi connectivity index (χ0n) is 47.6. The molecule has 0 aliphatic rings. The van der Waals surface area contributed by atoms with Crippen LogP contribution in [0.3, 0.4) is 0 Å². The van der Waals surface area contributed by atoms with Crippen LogP contribution in [-0.4, -0.2) is 37.2 Å². The van der Waals surface area contributed by atoms with Crippen molar-refractivity contribution in [3.05, 3.63) is 109 Å². The molecule has 0 N–H and O–H groups in total. The van der Waals surface area contributed by atoms with Gasteiger partial charge in [-0.25, -0.2) is 0 Å². The van der Waals surface area contributed by atoms with Gasteiger partial charge in [0.15, 0.2) is 6.10 Å². The van der Waals surface area contributed by atoms with Gasteiger partial charge < -0.3 is 14.2 Å². The molecule has 0 aliphatic heterocycles. The Labute approximate surface area is 450 Å². The molecule has 6 nitrogen and oxygen atoms in total. The van der Waals surface area contributed by atoms with Gasteiger partial charge in [-0.1, -0.05) is 239 Å². The first-order valence-electron chi connectivity index (χ1n) is 30.4. The molecule has 0 heterocycles. The van der Waals surface area contributed by atoms with Crippen molar-refractivity contribution in [3.63, 3.8) is 0 Å². The van der Waals surface area contributed by atoms with Crippen LogP contribution in [0.25, 0.3) is 0 Å². The summed E-state index contributed by atoms with van der Waals surface area (Å²) < 4.78 is 16.9. The molecule has 0 spiro atoms. The fourth-order valence-electron chi connectivity index (χ4n) is 8.18. The Balaban J connectivity index is 4.45. The van der Waals surface area contributed by atoms with Crippen molar-refractivity contribution in [1.82, 2.24) is 0 Å². The summed E-state index contributed by atoms with van der Waals surface area (Å²) in [5.74, 6) is -0.926. The lowest BCUT2D eigenvalue weighted by Crippen LogP contribution is -2.30. The van der Waals surface area contributed by atoms with E-state index >= 15 is 0 Å². The number of carbonyl (C=O) groups is 3. The van der Waals surface area contributed by atoms with E-state index in [1.807, 2.05) is 0 Å². The number of hydrogen-bond donors (Lipinski definition) is 0. The van der Waals surface area contributed by atoms with Crippen molar-refractivity contribution in [2.45, 2.75) is 284 Å². The Kier molecular flexibility index (Phi) is 57.4. The highest BCUT2D eigenvalue weighted by molar-refractivity contribution is 5.71. The largest absolute Gasteiger partial charge is 0.462 e. The number of esters is 3. The van der Waals surface area contributed by atoms with Gasteiger partial charge in [0.25, 0.3) is 0 Å². The number of allylic oxidation sites excluding steroid dienone is 18. The Morgan fingerprint density at radius 3 is 0.836 bits per heavy atom. The summed E-state index contributed by atoms with van der Waals surface area (Å²) in [6.45, 7) is 6.46. The number of hydrogen-bond acceptors (Lipinski definition) is 6. The van der Waals surface area contributed by atoms with E-state index in [1.54, 1.807) is 0 Å². The molecular formula is C67H112O6. The van der Waals surface area contributed by atoms with Crippen LogP contribution in [0.5, 0.6) is 0 Å². The van der Waals surface area contributed by atoms with Crippen LogP contribution in [0, 0.1) is 0 Å². The molecule has 0 rings (SSSR count). The molecular weight excluding hydrogens is 901 g/mol. The second-order valence-electron chi connectivity index (χ2n) is 19.9. The molecule has 0 radical (unpaired) electrons. The maximum atomic E-state index is 12.9. The third kappa shape index (κ3) is 58.8. The van der Waals surface area contributed by atoms with Gasteiger partial charge >= 0.3 is 17.9 Å². The lowest BCUT2D eigenvalue weighted by molar-refractivity contribution is -0.167. The Morgan fingerprint density at radius 1 is 0.288 bits per heavy atom. The molecule has 1 atom stereocenters. The van der Waals surface area contributed by atoms with Crippen molar-refractivity contribution < 1.29 is 28.6 Å². The maximum Gasteiger partial charge on any atom is 0.306 e. The average Bonchev–Trinajstić information content (AvgIpc) is 3.39. The highest BCUT2D eigenvalue weighted by Gasteiger charge is 2.19. The van der Waals surface area contributed by atoms with Crippen molar-refractivity contribution in [1.29, 1.82) is 0 Å². The summed E-state index contributed by atoms with van der Waals surface area (Å²) in [5, 5.41) is 0. The standard InChI is InChI=1S/C67H112O6/c1-4-7-10-13-16-19-22-25-28-30-32-33-35-36-39-42-45-48-51-54-57-60-66(69)72-63-64(62-71-65(68)59-56-53-50-47-44-41-38-27-24-21-18-15-12-9-6-3)73-67(70)61-58-55-52-49-46-43-40-37-34-31-29-26-23-20-17-14-11-8-5-2/h7,10,16-21,25-29,32-33,36,38-39,64H,4-6,8-9,11-15,22-24,30-31,34-35,37,40-63H2,1-3H3/b10-7-,19-16-,20-17-,21-18-,28-25-,29-26-,33-32-,38-27-,39-36-. The van der Waals surface area contributed by atoms with Gasteiger partial charge in [-0.05, 0) is 128 Å². The first-order valence-corrected chi connectivity index (χ1v) is 30.4. The predicted octanol–water partition coefficient (Wildman–Crippen LogP) is 20.7. The number of unbranched alkanes of at least 4 members (excludes halogenated alkanes) is 25. The molecule has 0 saturated heterocycles. The zero-order valence-corrected chi connectivity index (χ0v) is 47.6. The van der Waals surface area contributed by atoms with E-state index in [2.05, 4.69) is 130 Å². The average molecular weight is 1010 g/mol. The number of rotatable bonds is 54. The van der Waals surface area contributed by atoms with E-state index in [0.717, 1.165) is 141 Å². The van der Waals surface area contributed by atoms with E-state index in [1.165, 1.54) is 96.3 Å². The molecule has 0 aliphatic carbocycles. The predicted molar refractivity (Wildman–Crippen MR) is 316 cm³/mol. The molecule has 73 heavy (non-hydrogen) atoms. The fraction of sp³-hybridized carbons (Fsp3) is 0.687. The van der Waals surface area contributed by atoms with Gasteiger partial charge in [0, 0.05) is 19.3 Å². The smallest absolute Gasteiger partial charge is 0.306 e. The third-order valence-electron chi connectivity index (χ3n) is 12.7. The Hall–Kier alpha value is -3.93. The van der Waals surface area contributed by atoms with E-state index < -0.39 is 6.10 Å². The maximum absolute atomic E-state index is 12.9. The quantitative estimate of drug-likeness (QED) is 0.0261. The number of ether oxygens (including phenoxy) is 3. The van der Waals surface area contributed by atoms with Gasteiger partial charge in [0.1, 0.15) is 13.2 Å². The molecule has 0 saturated carbocycles. The topological polar surface area (TPSA) is 78.9 Å². The van der Waals surface area contributed by atoms with Gasteiger partial charge in [0.05, 0.1) is 0 Å². The molecule has 6 heteroatoms. The van der Waals surface area contributed by atoms with Crippen LogP contribution in [0.15, 0.2) is 109 Å². The minimum atomic E-state index is -0.798. The summed E-state index contributed by atoms with van der Waals surface area (Å²) in [7, 11) is 0.